The van der Waals surface area contributed by atoms with Gasteiger partial charge in [-0.05, 0) is 31.0 Å². The summed E-state index contributed by atoms with van der Waals surface area (Å²) in [5.74, 6) is -0.114. The van der Waals surface area contributed by atoms with Crippen molar-refractivity contribution in [1.29, 1.82) is 0 Å². The third kappa shape index (κ3) is 3.84. The van der Waals surface area contributed by atoms with Gasteiger partial charge in [-0.15, -0.1) is 0 Å². The van der Waals surface area contributed by atoms with E-state index in [-0.39, 0.29) is 23.3 Å². The van der Waals surface area contributed by atoms with Crippen molar-refractivity contribution in [3.8, 4) is 0 Å². The monoisotopic (exact) mass is 411 g/mol. The highest BCUT2D eigenvalue weighted by atomic mass is 32.2. The molecule has 1 saturated heterocycles. The van der Waals surface area contributed by atoms with Crippen molar-refractivity contribution in [3.63, 3.8) is 0 Å². The molecule has 0 radical (unpaired) electrons. The fraction of sp³-hybridized carbons (Fsp3) is 0.364. The lowest BCUT2D eigenvalue weighted by molar-refractivity contribution is 0.437. The predicted octanol–water partition coefficient (Wildman–Crippen LogP) is 2.70. The highest BCUT2D eigenvalue weighted by Crippen LogP contribution is 2.35. The second-order valence-corrected chi connectivity index (χ2v) is 10.2. The molecule has 0 saturated carbocycles. The van der Waals surface area contributed by atoms with E-state index in [9.17, 15) is 13.2 Å². The fourth-order valence-corrected chi connectivity index (χ4v) is 5.49. The number of fused-ring (bicyclic) bond motifs is 1. The Balaban J connectivity index is 1.49. The first-order chi connectivity index (χ1) is 13.8. The minimum atomic E-state index is -3.47. The normalized spacial score (nSPS) is 20.3. The lowest BCUT2D eigenvalue weighted by atomic mass is 9.82. The lowest BCUT2D eigenvalue weighted by Crippen LogP contribution is -2.36. The molecule has 0 amide bonds. The van der Waals surface area contributed by atoms with Crippen molar-refractivity contribution < 1.29 is 8.42 Å². The van der Waals surface area contributed by atoms with E-state index in [4.69, 9.17) is 0 Å². The van der Waals surface area contributed by atoms with Crippen LogP contribution in [-0.2, 0) is 22.0 Å². The van der Waals surface area contributed by atoms with Crippen molar-refractivity contribution in [2.24, 2.45) is 0 Å². The van der Waals surface area contributed by atoms with Crippen LogP contribution in [0.4, 0.5) is 0 Å². The van der Waals surface area contributed by atoms with Crippen molar-refractivity contribution >= 4 is 20.9 Å². The number of rotatable bonds is 5. The van der Waals surface area contributed by atoms with E-state index in [2.05, 4.69) is 36.2 Å². The molecule has 0 spiro atoms. The van der Waals surface area contributed by atoms with Gasteiger partial charge in [-0.3, -0.25) is 9.36 Å². The van der Waals surface area contributed by atoms with Gasteiger partial charge in [-0.25, -0.2) is 17.7 Å². The fourth-order valence-electron chi connectivity index (χ4n) is 3.96. The Bertz CT molecular complexity index is 1200. The summed E-state index contributed by atoms with van der Waals surface area (Å²) in [5, 5.41) is 0.500. The van der Waals surface area contributed by atoms with E-state index in [1.807, 2.05) is 13.0 Å². The topological polar surface area (TPSA) is 72.3 Å². The van der Waals surface area contributed by atoms with Gasteiger partial charge in [0.1, 0.15) is 0 Å². The molecule has 0 bridgehead atoms. The van der Waals surface area contributed by atoms with Crippen LogP contribution in [0.25, 0.3) is 10.9 Å². The van der Waals surface area contributed by atoms with Crippen LogP contribution in [0.15, 0.2) is 59.7 Å². The first-order valence-corrected chi connectivity index (χ1v) is 11.4. The molecule has 0 N–H and O–H groups in total. The summed E-state index contributed by atoms with van der Waals surface area (Å²) in [6.07, 6.45) is 2.22. The SMILES string of the molecule is Cc1ccc(C2(C)CCN(S(=O)(=O)CCn3cnc4ccccc4c3=O)C2)cc1. The van der Waals surface area contributed by atoms with E-state index in [1.54, 1.807) is 22.5 Å². The van der Waals surface area contributed by atoms with Crippen LogP contribution in [0.3, 0.4) is 0 Å². The van der Waals surface area contributed by atoms with E-state index in [0.29, 0.717) is 24.0 Å². The molecular weight excluding hydrogens is 386 g/mol. The number of sulfonamides is 1. The average Bonchev–Trinajstić information content (AvgIpc) is 3.12. The molecular formula is C22H25N3O3S. The minimum Gasteiger partial charge on any atom is -0.298 e. The smallest absolute Gasteiger partial charge is 0.261 e. The number of para-hydroxylation sites is 1. The van der Waals surface area contributed by atoms with Gasteiger partial charge in [0, 0.05) is 25.0 Å². The number of aryl methyl sites for hydroxylation is 2. The summed E-state index contributed by atoms with van der Waals surface area (Å²) in [6.45, 7) is 5.21. The highest BCUT2D eigenvalue weighted by molar-refractivity contribution is 7.89. The summed E-state index contributed by atoms with van der Waals surface area (Å²) in [6, 6.07) is 15.4. The van der Waals surface area contributed by atoms with Crippen molar-refractivity contribution in [1.82, 2.24) is 13.9 Å². The van der Waals surface area contributed by atoms with Crippen molar-refractivity contribution in [2.75, 3.05) is 18.8 Å². The third-order valence-electron chi connectivity index (χ3n) is 5.90. The van der Waals surface area contributed by atoms with Gasteiger partial charge in [0.25, 0.3) is 5.56 Å². The van der Waals surface area contributed by atoms with Gasteiger partial charge in [0.2, 0.25) is 10.0 Å². The quantitative estimate of drug-likeness (QED) is 0.647. The molecule has 4 rings (SSSR count). The Morgan fingerprint density at radius 3 is 2.59 bits per heavy atom. The summed E-state index contributed by atoms with van der Waals surface area (Å²) >= 11 is 0. The number of hydrogen-bond donors (Lipinski definition) is 0. The Morgan fingerprint density at radius 1 is 1.10 bits per heavy atom. The van der Waals surface area contributed by atoms with Gasteiger partial charge >= 0.3 is 0 Å². The molecule has 7 heteroatoms. The molecule has 1 aliphatic heterocycles. The van der Waals surface area contributed by atoms with E-state index >= 15 is 0 Å². The summed E-state index contributed by atoms with van der Waals surface area (Å²) in [7, 11) is -3.47. The largest absolute Gasteiger partial charge is 0.298 e. The molecule has 152 valence electrons. The van der Waals surface area contributed by atoms with Crippen LogP contribution in [0.5, 0.6) is 0 Å². The molecule has 1 fully saturated rings. The molecule has 1 aromatic heterocycles. The first-order valence-electron chi connectivity index (χ1n) is 9.78. The predicted molar refractivity (Wildman–Crippen MR) is 115 cm³/mol. The second-order valence-electron chi connectivity index (χ2n) is 8.09. The second kappa shape index (κ2) is 7.39. The number of benzene rings is 2. The average molecular weight is 412 g/mol. The maximum Gasteiger partial charge on any atom is 0.261 e. The molecule has 3 aromatic rings. The summed E-state index contributed by atoms with van der Waals surface area (Å²) < 4.78 is 28.8. The van der Waals surface area contributed by atoms with Crippen LogP contribution in [0, 0.1) is 6.92 Å². The number of aromatic nitrogens is 2. The maximum absolute atomic E-state index is 12.9. The van der Waals surface area contributed by atoms with Gasteiger partial charge in [0.15, 0.2) is 0 Å². The van der Waals surface area contributed by atoms with Crippen LogP contribution in [-0.4, -0.2) is 41.1 Å². The van der Waals surface area contributed by atoms with Crippen LogP contribution in [0.1, 0.15) is 24.5 Å². The molecule has 1 atom stereocenters. The number of hydrogen-bond acceptors (Lipinski definition) is 4. The first kappa shape index (κ1) is 19.8. The standard InChI is InChI=1S/C22H25N3O3S/c1-17-7-9-18(10-8-17)22(2)11-12-25(15-22)29(27,28)14-13-24-16-23-20-6-4-3-5-19(20)21(24)26/h3-10,16H,11-15H2,1-2H3. The Kier molecular flexibility index (Phi) is 5.04. The lowest BCUT2D eigenvalue weighted by Gasteiger charge is -2.25. The van der Waals surface area contributed by atoms with E-state index in [1.165, 1.54) is 16.5 Å². The van der Waals surface area contributed by atoms with Gasteiger partial charge in [0.05, 0.1) is 23.0 Å². The van der Waals surface area contributed by atoms with E-state index in [0.717, 1.165) is 12.0 Å². The minimum absolute atomic E-state index is 0.0940. The van der Waals surface area contributed by atoms with Crippen LogP contribution >= 0.6 is 0 Å². The zero-order valence-corrected chi connectivity index (χ0v) is 17.5. The molecule has 2 aromatic carbocycles. The van der Waals surface area contributed by atoms with E-state index < -0.39 is 10.0 Å². The van der Waals surface area contributed by atoms with Crippen molar-refractivity contribution in [3.05, 3.63) is 76.3 Å². The highest BCUT2D eigenvalue weighted by Gasteiger charge is 2.40. The Morgan fingerprint density at radius 2 is 1.83 bits per heavy atom. The zero-order valence-electron chi connectivity index (χ0n) is 16.7. The van der Waals surface area contributed by atoms with Gasteiger partial charge in [-0.2, -0.15) is 0 Å². The van der Waals surface area contributed by atoms with Crippen molar-refractivity contribution in [2.45, 2.75) is 32.2 Å². The maximum atomic E-state index is 12.9. The Hall–Kier alpha value is -2.51. The van der Waals surface area contributed by atoms with Gasteiger partial charge in [-0.1, -0.05) is 48.9 Å². The molecule has 0 aliphatic carbocycles. The van der Waals surface area contributed by atoms with Crippen LogP contribution in [0.2, 0.25) is 0 Å². The third-order valence-corrected chi connectivity index (χ3v) is 7.70. The molecule has 6 nitrogen and oxygen atoms in total. The zero-order chi connectivity index (χ0) is 20.6. The Labute approximate surface area is 170 Å². The number of nitrogens with zero attached hydrogens (tertiary/aromatic N) is 3. The molecule has 1 aliphatic rings. The summed E-state index contributed by atoms with van der Waals surface area (Å²) in [4.78, 5) is 16.9. The van der Waals surface area contributed by atoms with Gasteiger partial charge < -0.3 is 0 Å². The molecule has 29 heavy (non-hydrogen) atoms. The molecule has 1 unspecified atom stereocenters. The molecule has 2 heterocycles. The summed E-state index contributed by atoms with van der Waals surface area (Å²) in [5.41, 5.74) is 2.56. The van der Waals surface area contributed by atoms with Crippen LogP contribution < -0.4 is 5.56 Å².